The highest BCUT2D eigenvalue weighted by Gasteiger charge is 2.31. The van der Waals surface area contributed by atoms with Crippen molar-refractivity contribution in [2.75, 3.05) is 0 Å². The Morgan fingerprint density at radius 2 is 1.94 bits per heavy atom. The highest BCUT2D eigenvalue weighted by molar-refractivity contribution is 5.99. The summed E-state index contributed by atoms with van der Waals surface area (Å²) in [5.41, 5.74) is 10.0. The number of carbonyl (C=O) groups is 3. The van der Waals surface area contributed by atoms with E-state index in [9.17, 15) is 32.3 Å². The number of aromatic amines is 1. The van der Waals surface area contributed by atoms with Crippen LogP contribution in [0, 0.1) is 5.92 Å². The molecule has 1 heterocycles. The van der Waals surface area contributed by atoms with Gasteiger partial charge in [0, 0.05) is 22.7 Å². The van der Waals surface area contributed by atoms with Crippen molar-refractivity contribution in [2.24, 2.45) is 17.4 Å². The summed E-state index contributed by atoms with van der Waals surface area (Å²) < 4.78 is 41.2. The van der Waals surface area contributed by atoms with Gasteiger partial charge in [-0.25, -0.2) is 0 Å². The summed E-state index contributed by atoms with van der Waals surface area (Å²) in [6.07, 6.45) is -0.273. The second-order valence-electron chi connectivity index (χ2n) is 7.59. The topological polar surface area (TPSA) is 157 Å². The molecule has 0 radical (unpaired) electrons. The van der Waals surface area contributed by atoms with Crippen LogP contribution in [-0.4, -0.2) is 35.1 Å². The van der Waals surface area contributed by atoms with Gasteiger partial charge in [-0.2, -0.15) is 0 Å². The first-order valence-corrected chi connectivity index (χ1v) is 9.97. The second-order valence-corrected chi connectivity index (χ2v) is 7.59. The molecule has 1 aliphatic rings. The van der Waals surface area contributed by atoms with E-state index in [4.69, 9.17) is 11.5 Å². The number of nitrogens with two attached hydrogens (primary N) is 2. The molecule has 1 fully saturated rings. The molecule has 33 heavy (non-hydrogen) atoms. The van der Waals surface area contributed by atoms with Gasteiger partial charge in [0.2, 0.25) is 17.2 Å². The van der Waals surface area contributed by atoms with Crippen molar-refractivity contribution < 1.29 is 32.3 Å². The number of pyridine rings is 1. The van der Waals surface area contributed by atoms with Crippen molar-refractivity contribution in [2.45, 2.75) is 38.1 Å². The fourth-order valence-electron chi connectivity index (χ4n) is 3.35. The molecule has 0 aliphatic heterocycles. The predicted octanol–water partition coefficient (Wildman–Crippen LogP) is 1.61. The Bertz CT molecular complexity index is 1180. The maximum atomic E-state index is 12.7. The molecule has 2 aromatic rings. The average Bonchev–Trinajstić information content (AvgIpc) is 3.54. The number of H-pyrrole nitrogens is 1. The molecular formula is C21H21F3N4O5. The van der Waals surface area contributed by atoms with Crippen LogP contribution >= 0.6 is 0 Å². The fraction of sp³-hybridized carbons (Fsp3) is 0.333. The van der Waals surface area contributed by atoms with E-state index >= 15 is 0 Å². The summed E-state index contributed by atoms with van der Waals surface area (Å²) in [5.74, 6) is -2.87. The molecule has 0 spiro atoms. The lowest BCUT2D eigenvalue weighted by Gasteiger charge is -2.15. The molecule has 12 heteroatoms. The van der Waals surface area contributed by atoms with Gasteiger partial charge in [-0.1, -0.05) is 6.08 Å². The lowest BCUT2D eigenvalue weighted by molar-refractivity contribution is -0.274. The number of aromatic nitrogens is 1. The first-order chi connectivity index (χ1) is 15.5. The molecule has 1 saturated carbocycles. The lowest BCUT2D eigenvalue weighted by atomic mass is 10.0. The van der Waals surface area contributed by atoms with Gasteiger partial charge >= 0.3 is 6.36 Å². The summed E-state index contributed by atoms with van der Waals surface area (Å²) in [4.78, 5) is 51.2. The number of ether oxygens (including phenoxy) is 1. The Morgan fingerprint density at radius 3 is 2.52 bits per heavy atom. The summed E-state index contributed by atoms with van der Waals surface area (Å²) in [6.45, 7) is 0. The van der Waals surface area contributed by atoms with Crippen LogP contribution in [-0.2, 0) is 9.59 Å². The zero-order valence-corrected chi connectivity index (χ0v) is 17.2. The van der Waals surface area contributed by atoms with Gasteiger partial charge in [0.05, 0.1) is 0 Å². The number of rotatable bonds is 9. The Morgan fingerprint density at radius 1 is 1.24 bits per heavy atom. The van der Waals surface area contributed by atoms with Crippen LogP contribution in [0.25, 0.3) is 10.9 Å². The first kappa shape index (κ1) is 23.8. The standard InChI is InChI=1S/C21H21F3N4O5/c22-21(23,24)33-11-6-7-15-13(8-11)17(29)14(9-27-15)20(32)28-16(19(26)31)3-1-2-12(18(25)30)10-4-5-10/h2,6-10,16H,1,3-5H2,(H2,25,30)(H2,26,31)(H,27,29)(H,28,32). The van der Waals surface area contributed by atoms with Crippen LogP contribution in [0.3, 0.4) is 0 Å². The highest BCUT2D eigenvalue weighted by atomic mass is 19.4. The molecule has 3 rings (SSSR count). The van der Waals surface area contributed by atoms with Crippen LogP contribution in [0.5, 0.6) is 5.75 Å². The molecule has 1 aromatic carbocycles. The van der Waals surface area contributed by atoms with Crippen molar-refractivity contribution in [1.82, 2.24) is 10.3 Å². The number of alkyl halides is 3. The van der Waals surface area contributed by atoms with Gasteiger partial charge in [0.25, 0.3) is 5.91 Å². The average molecular weight is 466 g/mol. The van der Waals surface area contributed by atoms with Crippen LogP contribution < -0.4 is 26.9 Å². The van der Waals surface area contributed by atoms with Crippen LogP contribution in [0.15, 0.2) is 40.8 Å². The molecule has 6 N–H and O–H groups in total. The minimum absolute atomic E-state index is 0.0552. The van der Waals surface area contributed by atoms with Crippen LogP contribution in [0.1, 0.15) is 36.0 Å². The Hall–Kier alpha value is -3.83. The van der Waals surface area contributed by atoms with Gasteiger partial charge < -0.3 is 26.5 Å². The van der Waals surface area contributed by atoms with E-state index in [1.165, 1.54) is 6.07 Å². The fourth-order valence-corrected chi connectivity index (χ4v) is 3.35. The van der Waals surface area contributed by atoms with Gasteiger partial charge in [0.15, 0.2) is 0 Å². The third-order valence-corrected chi connectivity index (χ3v) is 5.10. The number of allylic oxidation sites excluding steroid dienone is 1. The van der Waals surface area contributed by atoms with E-state index < -0.39 is 46.9 Å². The molecule has 1 atom stereocenters. The lowest BCUT2D eigenvalue weighted by Crippen LogP contribution is -2.45. The molecule has 0 bridgehead atoms. The molecule has 3 amide bonds. The zero-order chi connectivity index (χ0) is 24.3. The molecule has 1 aliphatic carbocycles. The van der Waals surface area contributed by atoms with Crippen molar-refractivity contribution in [3.05, 3.63) is 51.8 Å². The van der Waals surface area contributed by atoms with E-state index in [1.807, 2.05) is 0 Å². The number of nitrogens with one attached hydrogen (secondary N) is 2. The number of primary amides is 2. The van der Waals surface area contributed by atoms with E-state index in [2.05, 4.69) is 15.0 Å². The molecule has 0 saturated heterocycles. The maximum absolute atomic E-state index is 12.7. The number of benzene rings is 1. The van der Waals surface area contributed by atoms with E-state index in [1.54, 1.807) is 6.08 Å². The third-order valence-electron chi connectivity index (χ3n) is 5.10. The minimum Gasteiger partial charge on any atom is -0.406 e. The summed E-state index contributed by atoms with van der Waals surface area (Å²) in [5, 5.41) is 2.14. The van der Waals surface area contributed by atoms with Crippen LogP contribution in [0.4, 0.5) is 13.2 Å². The maximum Gasteiger partial charge on any atom is 0.573 e. The number of hydrogen-bond donors (Lipinski definition) is 4. The Labute approximate surface area is 185 Å². The normalized spacial score (nSPS) is 15.2. The Kier molecular flexibility index (Phi) is 6.75. The van der Waals surface area contributed by atoms with E-state index in [-0.39, 0.29) is 29.7 Å². The van der Waals surface area contributed by atoms with Crippen molar-refractivity contribution in [1.29, 1.82) is 0 Å². The summed E-state index contributed by atoms with van der Waals surface area (Å²) >= 11 is 0. The van der Waals surface area contributed by atoms with Gasteiger partial charge in [-0.3, -0.25) is 19.2 Å². The smallest absolute Gasteiger partial charge is 0.406 e. The highest BCUT2D eigenvalue weighted by Crippen LogP contribution is 2.36. The molecule has 1 aromatic heterocycles. The summed E-state index contributed by atoms with van der Waals surface area (Å²) in [7, 11) is 0. The molecule has 9 nitrogen and oxygen atoms in total. The zero-order valence-electron chi connectivity index (χ0n) is 17.2. The number of carbonyl (C=O) groups excluding carboxylic acids is 3. The second kappa shape index (κ2) is 9.35. The Balaban J connectivity index is 1.77. The van der Waals surface area contributed by atoms with Gasteiger partial charge in [-0.05, 0) is 49.8 Å². The first-order valence-electron chi connectivity index (χ1n) is 9.97. The van der Waals surface area contributed by atoms with E-state index in [0.29, 0.717) is 5.57 Å². The molecule has 176 valence electrons. The third kappa shape index (κ3) is 6.11. The molecular weight excluding hydrogens is 445 g/mol. The quantitative estimate of drug-likeness (QED) is 0.413. The summed E-state index contributed by atoms with van der Waals surface area (Å²) in [6, 6.07) is 1.92. The van der Waals surface area contributed by atoms with Gasteiger partial charge in [0.1, 0.15) is 17.4 Å². The van der Waals surface area contributed by atoms with Gasteiger partial charge in [-0.15, -0.1) is 13.2 Å². The number of halogens is 3. The minimum atomic E-state index is -4.95. The molecule has 1 unspecified atom stereocenters. The van der Waals surface area contributed by atoms with Crippen molar-refractivity contribution in [3.8, 4) is 5.75 Å². The van der Waals surface area contributed by atoms with Crippen molar-refractivity contribution in [3.63, 3.8) is 0 Å². The predicted molar refractivity (Wildman–Crippen MR) is 111 cm³/mol. The number of hydrogen-bond acceptors (Lipinski definition) is 5. The van der Waals surface area contributed by atoms with E-state index in [0.717, 1.165) is 31.2 Å². The van der Waals surface area contributed by atoms with Crippen LogP contribution in [0.2, 0.25) is 0 Å². The number of amides is 3. The monoisotopic (exact) mass is 466 g/mol. The largest absolute Gasteiger partial charge is 0.573 e. The SMILES string of the molecule is NC(=O)C(=CCCC(NC(=O)c1c[nH]c2ccc(OC(F)(F)F)cc2c1=O)C(N)=O)C1CC1. The van der Waals surface area contributed by atoms with Crippen molar-refractivity contribution >= 4 is 28.6 Å². The number of fused-ring (bicyclic) bond motifs is 1.